The highest BCUT2D eigenvalue weighted by Crippen LogP contribution is 2.47. The second kappa shape index (κ2) is 8.80. The predicted octanol–water partition coefficient (Wildman–Crippen LogP) is 4.46. The molecule has 2 aliphatic rings. The van der Waals surface area contributed by atoms with Gasteiger partial charge >= 0.3 is 6.18 Å². The molecule has 1 saturated heterocycles. The van der Waals surface area contributed by atoms with Crippen molar-refractivity contribution in [3.8, 4) is 0 Å². The molecule has 1 aromatic heterocycles. The highest BCUT2D eigenvalue weighted by Gasteiger charge is 2.43. The number of nitrogens with one attached hydrogen (secondary N) is 1. The van der Waals surface area contributed by atoms with Crippen molar-refractivity contribution in [1.29, 1.82) is 0 Å². The monoisotopic (exact) mass is 456 g/mol. The van der Waals surface area contributed by atoms with Gasteiger partial charge in [-0.3, -0.25) is 14.4 Å². The van der Waals surface area contributed by atoms with Crippen LogP contribution in [0.5, 0.6) is 0 Å². The molecular formula is C21H24ClF3N4O2. The van der Waals surface area contributed by atoms with Gasteiger partial charge < -0.3 is 10.1 Å². The van der Waals surface area contributed by atoms with Crippen LogP contribution in [0.4, 0.5) is 18.9 Å². The number of hydrogen-bond donors (Lipinski definition) is 1. The fraction of sp³-hybridized carbons (Fsp3) is 0.524. The minimum Gasteiger partial charge on any atom is -0.379 e. The van der Waals surface area contributed by atoms with Gasteiger partial charge in [0.1, 0.15) is 6.04 Å². The zero-order valence-corrected chi connectivity index (χ0v) is 17.8. The van der Waals surface area contributed by atoms with E-state index in [-0.39, 0.29) is 11.6 Å². The summed E-state index contributed by atoms with van der Waals surface area (Å²) in [5, 5.41) is 6.08. The molecule has 2 aromatic rings. The fourth-order valence-electron chi connectivity index (χ4n) is 3.75. The third-order valence-corrected chi connectivity index (χ3v) is 5.94. The van der Waals surface area contributed by atoms with Crippen LogP contribution in [0.15, 0.2) is 24.3 Å². The normalized spacial score (nSPS) is 18.7. The molecule has 31 heavy (non-hydrogen) atoms. The highest BCUT2D eigenvalue weighted by atomic mass is 35.5. The summed E-state index contributed by atoms with van der Waals surface area (Å²) in [5.74, 6) is -0.540. The van der Waals surface area contributed by atoms with E-state index in [4.69, 9.17) is 16.3 Å². The van der Waals surface area contributed by atoms with Crippen LogP contribution in [0.1, 0.15) is 48.7 Å². The minimum atomic E-state index is -4.67. The number of hydrogen-bond acceptors (Lipinski definition) is 4. The van der Waals surface area contributed by atoms with Gasteiger partial charge in [-0.15, -0.1) is 0 Å². The Bertz CT molecular complexity index is 953. The number of alkyl halides is 3. The lowest BCUT2D eigenvalue weighted by molar-refractivity contribution is -0.141. The molecule has 0 spiro atoms. The summed E-state index contributed by atoms with van der Waals surface area (Å²) in [5.41, 5.74) is 0.776. The van der Waals surface area contributed by atoms with Gasteiger partial charge in [-0.05, 0) is 37.5 Å². The van der Waals surface area contributed by atoms with E-state index < -0.39 is 28.8 Å². The minimum absolute atomic E-state index is 0.0943. The third-order valence-electron chi connectivity index (χ3n) is 5.57. The first-order chi connectivity index (χ1) is 14.7. The number of carbonyl (C=O) groups excluding carboxylic acids is 1. The van der Waals surface area contributed by atoms with Crippen LogP contribution >= 0.6 is 11.6 Å². The van der Waals surface area contributed by atoms with Crippen molar-refractivity contribution in [2.24, 2.45) is 0 Å². The van der Waals surface area contributed by atoms with Gasteiger partial charge in [0.2, 0.25) is 5.91 Å². The molecule has 2 fully saturated rings. The van der Waals surface area contributed by atoms with Gasteiger partial charge in [-0.1, -0.05) is 23.7 Å². The Kier molecular flexibility index (Phi) is 6.27. The molecule has 0 radical (unpaired) electrons. The largest absolute Gasteiger partial charge is 0.436 e. The lowest BCUT2D eigenvalue weighted by Crippen LogP contribution is -2.35. The van der Waals surface area contributed by atoms with Crippen molar-refractivity contribution < 1.29 is 22.7 Å². The predicted molar refractivity (Wildman–Crippen MR) is 110 cm³/mol. The topological polar surface area (TPSA) is 59.4 Å². The molecule has 6 nitrogen and oxygen atoms in total. The number of rotatable bonds is 6. The average molecular weight is 457 g/mol. The van der Waals surface area contributed by atoms with Crippen LogP contribution in [0.3, 0.4) is 0 Å². The van der Waals surface area contributed by atoms with Gasteiger partial charge in [0.15, 0.2) is 5.69 Å². The average Bonchev–Trinajstić information content (AvgIpc) is 3.49. The maximum atomic E-state index is 13.3. The quantitative estimate of drug-likeness (QED) is 0.697. The summed E-state index contributed by atoms with van der Waals surface area (Å²) in [6, 6.07) is 6.51. The molecule has 168 valence electrons. The number of anilines is 1. The summed E-state index contributed by atoms with van der Waals surface area (Å²) < 4.78 is 46.4. The molecule has 2 heterocycles. The second-order valence-electron chi connectivity index (χ2n) is 8.02. The summed E-state index contributed by atoms with van der Waals surface area (Å²) in [6.45, 7) is 5.35. The highest BCUT2D eigenvalue weighted by molar-refractivity contribution is 6.32. The number of carbonyl (C=O) groups is 1. The molecule has 0 bridgehead atoms. The van der Waals surface area contributed by atoms with Crippen LogP contribution < -0.4 is 5.32 Å². The van der Waals surface area contributed by atoms with Crippen molar-refractivity contribution in [3.05, 3.63) is 46.2 Å². The molecule has 1 unspecified atom stereocenters. The van der Waals surface area contributed by atoms with E-state index in [1.807, 2.05) is 18.2 Å². The van der Waals surface area contributed by atoms with E-state index >= 15 is 0 Å². The maximum Gasteiger partial charge on any atom is 0.436 e. The zero-order chi connectivity index (χ0) is 22.2. The summed E-state index contributed by atoms with van der Waals surface area (Å²) in [7, 11) is 0. The van der Waals surface area contributed by atoms with Gasteiger partial charge in [-0.2, -0.15) is 18.3 Å². The number of nitrogens with zero attached hydrogens (tertiary/aromatic N) is 3. The van der Waals surface area contributed by atoms with E-state index in [1.54, 1.807) is 6.07 Å². The van der Waals surface area contributed by atoms with Crippen LogP contribution in [-0.2, 0) is 22.3 Å². The summed E-state index contributed by atoms with van der Waals surface area (Å²) in [4.78, 5) is 15.1. The van der Waals surface area contributed by atoms with Crippen LogP contribution in [0.2, 0.25) is 5.02 Å². The van der Waals surface area contributed by atoms with Crippen molar-refractivity contribution in [2.45, 2.75) is 44.4 Å². The number of ether oxygens (including phenoxy) is 1. The van der Waals surface area contributed by atoms with Gasteiger partial charge in [0.25, 0.3) is 0 Å². The molecule has 1 atom stereocenters. The Hall–Kier alpha value is -2.10. The third kappa shape index (κ3) is 5.05. The van der Waals surface area contributed by atoms with Gasteiger partial charge in [0.05, 0.1) is 23.9 Å². The number of morpholine rings is 1. The molecule has 1 aliphatic heterocycles. The van der Waals surface area contributed by atoms with E-state index in [2.05, 4.69) is 15.3 Å². The molecular weight excluding hydrogens is 433 g/mol. The zero-order valence-electron chi connectivity index (χ0n) is 17.1. The van der Waals surface area contributed by atoms with E-state index in [9.17, 15) is 18.0 Å². The Balaban J connectivity index is 1.50. The first-order valence-electron chi connectivity index (χ1n) is 10.3. The van der Waals surface area contributed by atoms with Crippen molar-refractivity contribution in [3.63, 3.8) is 0 Å². The Labute approximate surface area is 183 Å². The summed E-state index contributed by atoms with van der Waals surface area (Å²) in [6.07, 6.45) is -3.20. The molecule has 1 aliphatic carbocycles. The molecule has 10 heteroatoms. The number of amides is 1. The SMILES string of the molecule is CC(C(=O)Nc1cccc(CN2CCOCC2)c1)n1nc(C(F)(F)F)c(Cl)c1C1CC1. The lowest BCUT2D eigenvalue weighted by Gasteiger charge is -2.26. The number of halogens is 4. The van der Waals surface area contributed by atoms with Crippen LogP contribution in [-0.4, -0.2) is 46.9 Å². The first-order valence-corrected chi connectivity index (χ1v) is 10.7. The Morgan fingerprint density at radius 2 is 2.03 bits per heavy atom. The van der Waals surface area contributed by atoms with E-state index in [1.165, 1.54) is 6.92 Å². The standard InChI is InChI=1S/C21H24ClF3N4O2/c1-13(29-18(15-5-6-15)17(22)19(27-29)21(23,24)25)20(30)26-16-4-2-3-14(11-16)12-28-7-9-31-10-8-28/h2-4,11,13,15H,5-10,12H2,1H3,(H,26,30). The molecule has 1 N–H and O–H groups in total. The maximum absolute atomic E-state index is 13.3. The number of benzene rings is 1. The van der Waals surface area contributed by atoms with Crippen LogP contribution in [0.25, 0.3) is 0 Å². The second-order valence-corrected chi connectivity index (χ2v) is 8.40. The molecule has 1 amide bonds. The molecule has 1 saturated carbocycles. The fourth-order valence-corrected chi connectivity index (χ4v) is 4.14. The Morgan fingerprint density at radius 1 is 1.32 bits per heavy atom. The lowest BCUT2D eigenvalue weighted by atomic mass is 10.1. The number of aromatic nitrogens is 2. The van der Waals surface area contributed by atoms with Crippen molar-refractivity contribution in [2.75, 3.05) is 31.6 Å². The summed E-state index contributed by atoms with van der Waals surface area (Å²) >= 11 is 6.02. The van der Waals surface area contributed by atoms with E-state index in [0.717, 1.165) is 42.7 Å². The molecule has 1 aromatic carbocycles. The van der Waals surface area contributed by atoms with Crippen molar-refractivity contribution >= 4 is 23.2 Å². The van der Waals surface area contributed by atoms with Gasteiger partial charge in [-0.25, -0.2) is 0 Å². The first kappa shape index (κ1) is 22.1. The Morgan fingerprint density at radius 3 is 2.68 bits per heavy atom. The smallest absolute Gasteiger partial charge is 0.379 e. The van der Waals surface area contributed by atoms with Gasteiger partial charge in [0, 0.05) is 31.2 Å². The van der Waals surface area contributed by atoms with Crippen molar-refractivity contribution in [1.82, 2.24) is 14.7 Å². The molecule has 4 rings (SSSR count). The van der Waals surface area contributed by atoms with Crippen LogP contribution in [0, 0.1) is 0 Å². The van der Waals surface area contributed by atoms with E-state index in [0.29, 0.717) is 18.9 Å².